The first-order valence-electron chi connectivity index (χ1n) is 5.61. The summed E-state index contributed by atoms with van der Waals surface area (Å²) in [6.45, 7) is 5.17. The number of oxazole rings is 1. The van der Waals surface area contributed by atoms with Gasteiger partial charge in [-0.1, -0.05) is 25.1 Å². The standard InChI is InChI=1S/C11H18N2OS/c1-3-12-9-5-4-6-10(9)15-11-13-8(2)7-14-11/h7,9-10,12H,3-6H2,1-2H3. The fraction of sp³-hybridized carbons (Fsp3) is 0.727. The van der Waals surface area contributed by atoms with Crippen molar-refractivity contribution in [2.24, 2.45) is 0 Å². The minimum Gasteiger partial charge on any atom is -0.440 e. The van der Waals surface area contributed by atoms with Gasteiger partial charge >= 0.3 is 0 Å². The van der Waals surface area contributed by atoms with Crippen molar-refractivity contribution in [1.82, 2.24) is 10.3 Å². The number of hydrogen-bond donors (Lipinski definition) is 1. The quantitative estimate of drug-likeness (QED) is 0.856. The maximum absolute atomic E-state index is 5.38. The van der Waals surface area contributed by atoms with E-state index in [9.17, 15) is 0 Å². The fourth-order valence-corrected chi connectivity index (χ4v) is 3.32. The molecular weight excluding hydrogens is 208 g/mol. The van der Waals surface area contributed by atoms with E-state index in [2.05, 4.69) is 17.2 Å². The number of nitrogens with one attached hydrogen (secondary N) is 1. The molecule has 4 heteroatoms. The van der Waals surface area contributed by atoms with Gasteiger partial charge in [-0.05, 0) is 26.3 Å². The molecule has 2 unspecified atom stereocenters. The van der Waals surface area contributed by atoms with E-state index in [0.29, 0.717) is 11.3 Å². The van der Waals surface area contributed by atoms with Crippen molar-refractivity contribution >= 4 is 11.8 Å². The molecule has 1 N–H and O–H groups in total. The summed E-state index contributed by atoms with van der Waals surface area (Å²) in [5.74, 6) is 0. The third-order valence-electron chi connectivity index (χ3n) is 2.77. The predicted molar refractivity (Wildman–Crippen MR) is 62.2 cm³/mol. The average molecular weight is 226 g/mol. The summed E-state index contributed by atoms with van der Waals surface area (Å²) >= 11 is 1.78. The number of hydrogen-bond acceptors (Lipinski definition) is 4. The van der Waals surface area contributed by atoms with Gasteiger partial charge in [0.1, 0.15) is 6.26 Å². The molecule has 0 saturated heterocycles. The Kier molecular flexibility index (Phi) is 3.70. The Balaban J connectivity index is 1.93. The topological polar surface area (TPSA) is 38.1 Å². The van der Waals surface area contributed by atoms with Crippen LogP contribution in [0, 0.1) is 6.92 Å². The minimum absolute atomic E-state index is 0.628. The van der Waals surface area contributed by atoms with Crippen molar-refractivity contribution in [2.75, 3.05) is 6.54 Å². The Hall–Kier alpha value is -0.480. The minimum atomic E-state index is 0.628. The van der Waals surface area contributed by atoms with Gasteiger partial charge in [-0.2, -0.15) is 0 Å². The second-order valence-corrected chi connectivity index (χ2v) is 5.20. The van der Waals surface area contributed by atoms with Crippen LogP contribution in [0.25, 0.3) is 0 Å². The van der Waals surface area contributed by atoms with Crippen LogP contribution >= 0.6 is 11.8 Å². The molecule has 15 heavy (non-hydrogen) atoms. The Morgan fingerprint density at radius 3 is 3.13 bits per heavy atom. The molecule has 0 radical (unpaired) electrons. The smallest absolute Gasteiger partial charge is 0.256 e. The molecule has 1 heterocycles. The maximum Gasteiger partial charge on any atom is 0.256 e. The second-order valence-electron chi connectivity index (χ2n) is 4.01. The molecule has 0 bridgehead atoms. The lowest BCUT2D eigenvalue weighted by Gasteiger charge is -2.17. The zero-order valence-electron chi connectivity index (χ0n) is 9.32. The summed E-state index contributed by atoms with van der Waals surface area (Å²) in [4.78, 5) is 4.34. The highest BCUT2D eigenvalue weighted by atomic mass is 32.2. The van der Waals surface area contributed by atoms with Crippen LogP contribution in [-0.4, -0.2) is 22.8 Å². The normalized spacial score (nSPS) is 26.0. The van der Waals surface area contributed by atoms with E-state index in [1.54, 1.807) is 18.0 Å². The van der Waals surface area contributed by atoms with E-state index < -0.39 is 0 Å². The van der Waals surface area contributed by atoms with Crippen molar-refractivity contribution in [3.05, 3.63) is 12.0 Å². The van der Waals surface area contributed by atoms with Gasteiger partial charge in [0.05, 0.1) is 5.69 Å². The second kappa shape index (κ2) is 5.03. The van der Waals surface area contributed by atoms with Crippen LogP contribution in [0.2, 0.25) is 0 Å². The Bertz CT molecular complexity index is 313. The van der Waals surface area contributed by atoms with E-state index in [4.69, 9.17) is 4.42 Å². The van der Waals surface area contributed by atoms with Crippen LogP contribution in [0.5, 0.6) is 0 Å². The van der Waals surface area contributed by atoms with E-state index in [1.807, 2.05) is 6.92 Å². The summed E-state index contributed by atoms with van der Waals surface area (Å²) in [5, 5.41) is 4.98. The highest BCUT2D eigenvalue weighted by molar-refractivity contribution is 7.99. The number of aryl methyl sites for hydroxylation is 1. The van der Waals surface area contributed by atoms with Crippen molar-refractivity contribution in [3.8, 4) is 0 Å². The SMILES string of the molecule is CCNC1CCCC1Sc1nc(C)co1. The maximum atomic E-state index is 5.38. The zero-order chi connectivity index (χ0) is 10.7. The molecule has 0 spiro atoms. The first-order valence-corrected chi connectivity index (χ1v) is 6.49. The molecule has 0 amide bonds. The number of rotatable bonds is 4. The third kappa shape index (κ3) is 2.75. The molecule has 2 atom stereocenters. The monoisotopic (exact) mass is 226 g/mol. The molecular formula is C11H18N2OS. The van der Waals surface area contributed by atoms with E-state index in [0.717, 1.165) is 17.5 Å². The lowest BCUT2D eigenvalue weighted by Crippen LogP contribution is -2.33. The van der Waals surface area contributed by atoms with E-state index in [-0.39, 0.29) is 0 Å². The molecule has 1 aliphatic rings. The highest BCUT2D eigenvalue weighted by Crippen LogP contribution is 2.34. The first kappa shape index (κ1) is 11.0. The van der Waals surface area contributed by atoms with Gasteiger partial charge in [-0.25, -0.2) is 4.98 Å². The van der Waals surface area contributed by atoms with Crippen molar-refractivity contribution in [2.45, 2.75) is 49.6 Å². The molecule has 1 aromatic heterocycles. The third-order valence-corrected chi connectivity index (χ3v) is 4.03. The van der Waals surface area contributed by atoms with Crippen LogP contribution in [0.4, 0.5) is 0 Å². The number of nitrogens with zero attached hydrogens (tertiary/aromatic N) is 1. The van der Waals surface area contributed by atoms with Gasteiger partial charge in [-0.15, -0.1) is 0 Å². The zero-order valence-corrected chi connectivity index (χ0v) is 10.1. The Morgan fingerprint density at radius 1 is 1.60 bits per heavy atom. The van der Waals surface area contributed by atoms with Crippen molar-refractivity contribution in [1.29, 1.82) is 0 Å². The van der Waals surface area contributed by atoms with E-state index in [1.165, 1.54) is 19.3 Å². The van der Waals surface area contributed by atoms with E-state index >= 15 is 0 Å². The Morgan fingerprint density at radius 2 is 2.47 bits per heavy atom. The highest BCUT2D eigenvalue weighted by Gasteiger charge is 2.28. The van der Waals surface area contributed by atoms with Gasteiger partial charge in [0.25, 0.3) is 5.22 Å². The summed E-state index contributed by atoms with van der Waals surface area (Å²) in [6, 6.07) is 0.632. The van der Waals surface area contributed by atoms with Gasteiger partial charge in [0.2, 0.25) is 0 Å². The summed E-state index contributed by atoms with van der Waals surface area (Å²) in [6.07, 6.45) is 5.59. The van der Waals surface area contributed by atoms with Crippen LogP contribution in [0.3, 0.4) is 0 Å². The van der Waals surface area contributed by atoms with Gasteiger partial charge in [-0.3, -0.25) is 0 Å². The van der Waals surface area contributed by atoms with Gasteiger partial charge in [0.15, 0.2) is 0 Å². The fourth-order valence-electron chi connectivity index (χ4n) is 2.08. The Labute approximate surface area is 95.0 Å². The van der Waals surface area contributed by atoms with Crippen LogP contribution < -0.4 is 5.32 Å². The molecule has 2 rings (SSSR count). The molecule has 0 aromatic carbocycles. The molecule has 1 aliphatic carbocycles. The average Bonchev–Trinajstić information content (AvgIpc) is 2.78. The molecule has 1 aromatic rings. The van der Waals surface area contributed by atoms with Crippen LogP contribution in [0.15, 0.2) is 15.9 Å². The molecule has 3 nitrogen and oxygen atoms in total. The molecule has 0 aliphatic heterocycles. The lowest BCUT2D eigenvalue weighted by molar-refractivity contribution is 0.450. The molecule has 1 saturated carbocycles. The largest absolute Gasteiger partial charge is 0.440 e. The molecule has 1 fully saturated rings. The summed E-state index contributed by atoms with van der Waals surface area (Å²) < 4.78 is 5.38. The van der Waals surface area contributed by atoms with Crippen LogP contribution in [-0.2, 0) is 0 Å². The number of thioether (sulfide) groups is 1. The predicted octanol–water partition coefficient (Wildman–Crippen LogP) is 2.61. The summed E-state index contributed by atoms with van der Waals surface area (Å²) in [5.41, 5.74) is 0.968. The first-order chi connectivity index (χ1) is 7.29. The van der Waals surface area contributed by atoms with Crippen molar-refractivity contribution in [3.63, 3.8) is 0 Å². The summed E-state index contributed by atoms with van der Waals surface area (Å²) in [7, 11) is 0. The molecule has 84 valence electrons. The van der Waals surface area contributed by atoms with Gasteiger partial charge in [0, 0.05) is 11.3 Å². The van der Waals surface area contributed by atoms with Crippen LogP contribution in [0.1, 0.15) is 31.9 Å². The van der Waals surface area contributed by atoms with Gasteiger partial charge < -0.3 is 9.73 Å². The number of aromatic nitrogens is 1. The lowest BCUT2D eigenvalue weighted by atomic mass is 10.2. The van der Waals surface area contributed by atoms with Crippen molar-refractivity contribution < 1.29 is 4.42 Å².